The van der Waals surface area contributed by atoms with Crippen molar-refractivity contribution in [2.24, 2.45) is 5.41 Å². The summed E-state index contributed by atoms with van der Waals surface area (Å²) in [4.78, 5) is 31.8. The Bertz CT molecular complexity index is 760. The molecule has 1 aliphatic carbocycles. The van der Waals surface area contributed by atoms with Crippen LogP contribution >= 0.6 is 0 Å². The Hall–Kier alpha value is -1.88. The van der Waals surface area contributed by atoms with Gasteiger partial charge in [0.1, 0.15) is 0 Å². The van der Waals surface area contributed by atoms with Crippen LogP contribution in [0.5, 0.6) is 0 Å². The average molecular weight is 384 g/mol. The van der Waals surface area contributed by atoms with Gasteiger partial charge in [-0.1, -0.05) is 6.07 Å². The molecule has 152 valence electrons. The summed E-state index contributed by atoms with van der Waals surface area (Å²) in [5, 5.41) is 0. The van der Waals surface area contributed by atoms with Gasteiger partial charge < -0.3 is 14.7 Å². The van der Waals surface area contributed by atoms with Gasteiger partial charge in [0, 0.05) is 50.1 Å². The number of piperidine rings is 2. The minimum atomic E-state index is 0.0743. The first-order valence-corrected chi connectivity index (χ1v) is 10.8. The standard InChI is InChI=1S/C23H33N3O2/c1-24(2)13-14-25-16-23(11-9-21(25)27)10-4-12-26(17-23)22(28)20-8-7-18-5-3-6-19(18)15-20/h7-8,15H,3-6,9-14,16-17H2,1-2H3/t23-/m0/s1. The van der Waals surface area contributed by atoms with Crippen LogP contribution in [0.15, 0.2) is 18.2 Å². The van der Waals surface area contributed by atoms with Gasteiger partial charge in [-0.15, -0.1) is 0 Å². The normalized spacial score (nSPS) is 24.9. The Kier molecular flexibility index (Phi) is 5.46. The number of nitrogens with zero attached hydrogens (tertiary/aromatic N) is 3. The molecule has 2 aliphatic heterocycles. The van der Waals surface area contributed by atoms with Crippen molar-refractivity contribution in [3.05, 3.63) is 34.9 Å². The van der Waals surface area contributed by atoms with Gasteiger partial charge in [0.15, 0.2) is 0 Å². The third kappa shape index (κ3) is 3.95. The van der Waals surface area contributed by atoms with Crippen LogP contribution in [0.3, 0.4) is 0 Å². The third-order valence-electron chi connectivity index (χ3n) is 6.86. The van der Waals surface area contributed by atoms with Crippen molar-refractivity contribution in [1.29, 1.82) is 0 Å². The monoisotopic (exact) mass is 383 g/mol. The predicted molar refractivity (Wildman–Crippen MR) is 110 cm³/mol. The maximum absolute atomic E-state index is 13.2. The maximum Gasteiger partial charge on any atom is 0.253 e. The molecule has 1 aromatic carbocycles. The van der Waals surface area contributed by atoms with Crippen molar-refractivity contribution in [2.75, 3.05) is 46.8 Å². The highest BCUT2D eigenvalue weighted by Crippen LogP contribution is 2.39. The quantitative estimate of drug-likeness (QED) is 0.803. The van der Waals surface area contributed by atoms with Gasteiger partial charge in [-0.05, 0) is 75.9 Å². The van der Waals surface area contributed by atoms with Crippen LogP contribution in [-0.2, 0) is 17.6 Å². The van der Waals surface area contributed by atoms with E-state index in [1.807, 2.05) is 25.1 Å². The van der Waals surface area contributed by atoms with E-state index < -0.39 is 0 Å². The van der Waals surface area contributed by atoms with E-state index in [0.717, 1.165) is 70.4 Å². The number of rotatable bonds is 4. The first-order valence-electron chi connectivity index (χ1n) is 10.8. The molecule has 2 heterocycles. The lowest BCUT2D eigenvalue weighted by Gasteiger charge is -2.48. The molecular weight excluding hydrogens is 350 g/mol. The van der Waals surface area contributed by atoms with E-state index in [4.69, 9.17) is 0 Å². The fourth-order valence-electron chi connectivity index (χ4n) is 5.23. The Labute approximate surface area is 168 Å². The van der Waals surface area contributed by atoms with Crippen LogP contribution in [0.2, 0.25) is 0 Å². The van der Waals surface area contributed by atoms with Gasteiger partial charge in [0.2, 0.25) is 5.91 Å². The second-order valence-corrected chi connectivity index (χ2v) is 9.29. The highest BCUT2D eigenvalue weighted by Gasteiger charge is 2.42. The Morgan fingerprint density at radius 2 is 1.89 bits per heavy atom. The van der Waals surface area contributed by atoms with Gasteiger partial charge in [0.25, 0.3) is 5.91 Å². The van der Waals surface area contributed by atoms with E-state index in [9.17, 15) is 9.59 Å². The van der Waals surface area contributed by atoms with Crippen LogP contribution in [0, 0.1) is 5.41 Å². The Morgan fingerprint density at radius 1 is 1.07 bits per heavy atom. The molecule has 0 aromatic heterocycles. The molecule has 2 amide bonds. The number of hydrogen-bond acceptors (Lipinski definition) is 3. The second kappa shape index (κ2) is 7.86. The van der Waals surface area contributed by atoms with Crippen LogP contribution in [0.25, 0.3) is 0 Å². The number of hydrogen-bond donors (Lipinski definition) is 0. The fourth-order valence-corrected chi connectivity index (χ4v) is 5.23. The fraction of sp³-hybridized carbons (Fsp3) is 0.652. The SMILES string of the molecule is CN(C)CCN1C[C@]2(CCCN(C(=O)c3ccc4c(c3)CCC4)C2)CCC1=O. The summed E-state index contributed by atoms with van der Waals surface area (Å²) in [7, 11) is 4.09. The van der Waals surface area contributed by atoms with Gasteiger partial charge >= 0.3 is 0 Å². The van der Waals surface area contributed by atoms with Crippen LogP contribution in [0.4, 0.5) is 0 Å². The van der Waals surface area contributed by atoms with Gasteiger partial charge in [-0.3, -0.25) is 9.59 Å². The minimum Gasteiger partial charge on any atom is -0.341 e. The Balaban J connectivity index is 1.46. The topological polar surface area (TPSA) is 43.9 Å². The van der Waals surface area contributed by atoms with Gasteiger partial charge in [0.05, 0.1) is 0 Å². The van der Waals surface area contributed by atoms with E-state index in [1.165, 1.54) is 17.5 Å². The van der Waals surface area contributed by atoms with E-state index in [2.05, 4.69) is 21.9 Å². The van der Waals surface area contributed by atoms with E-state index >= 15 is 0 Å². The minimum absolute atomic E-state index is 0.0743. The Morgan fingerprint density at radius 3 is 2.71 bits per heavy atom. The number of aryl methyl sites for hydroxylation is 2. The summed E-state index contributed by atoms with van der Waals surface area (Å²) < 4.78 is 0. The highest BCUT2D eigenvalue weighted by atomic mass is 16.2. The smallest absolute Gasteiger partial charge is 0.253 e. The van der Waals surface area contributed by atoms with E-state index in [0.29, 0.717) is 6.42 Å². The van der Waals surface area contributed by atoms with Crippen molar-refractivity contribution in [3.63, 3.8) is 0 Å². The molecule has 0 saturated carbocycles. The molecule has 0 radical (unpaired) electrons. The summed E-state index contributed by atoms with van der Waals surface area (Å²) in [6.45, 7) is 4.09. The number of carbonyl (C=O) groups is 2. The molecular formula is C23H33N3O2. The molecule has 5 heteroatoms. The molecule has 1 aromatic rings. The largest absolute Gasteiger partial charge is 0.341 e. The van der Waals surface area contributed by atoms with Crippen molar-refractivity contribution >= 4 is 11.8 Å². The molecule has 1 atom stereocenters. The number of carbonyl (C=O) groups excluding carboxylic acids is 2. The summed E-state index contributed by atoms with van der Waals surface area (Å²) in [5.74, 6) is 0.445. The summed E-state index contributed by atoms with van der Waals surface area (Å²) in [6, 6.07) is 6.29. The van der Waals surface area contributed by atoms with Crippen molar-refractivity contribution in [2.45, 2.75) is 44.9 Å². The average Bonchev–Trinajstić information content (AvgIpc) is 3.16. The zero-order chi connectivity index (χ0) is 19.7. The molecule has 28 heavy (non-hydrogen) atoms. The number of amides is 2. The predicted octanol–water partition coefficient (Wildman–Crippen LogP) is 2.58. The summed E-state index contributed by atoms with van der Waals surface area (Å²) >= 11 is 0. The zero-order valence-corrected chi connectivity index (χ0v) is 17.4. The molecule has 0 unspecified atom stereocenters. The molecule has 2 fully saturated rings. The van der Waals surface area contributed by atoms with E-state index in [-0.39, 0.29) is 17.2 Å². The summed E-state index contributed by atoms with van der Waals surface area (Å²) in [6.07, 6.45) is 7.14. The molecule has 0 N–H and O–H groups in total. The molecule has 3 aliphatic rings. The number of fused-ring (bicyclic) bond motifs is 1. The molecule has 2 saturated heterocycles. The van der Waals surface area contributed by atoms with Crippen LogP contribution in [-0.4, -0.2) is 73.3 Å². The van der Waals surface area contributed by atoms with Crippen molar-refractivity contribution in [3.8, 4) is 0 Å². The molecule has 0 bridgehead atoms. The molecule has 5 nitrogen and oxygen atoms in total. The third-order valence-corrected chi connectivity index (χ3v) is 6.86. The van der Waals surface area contributed by atoms with Crippen molar-refractivity contribution < 1.29 is 9.59 Å². The van der Waals surface area contributed by atoms with Gasteiger partial charge in [-0.2, -0.15) is 0 Å². The maximum atomic E-state index is 13.2. The summed E-state index contributed by atoms with van der Waals surface area (Å²) in [5.41, 5.74) is 3.68. The molecule has 1 spiro atoms. The van der Waals surface area contributed by atoms with Crippen molar-refractivity contribution in [1.82, 2.24) is 14.7 Å². The lowest BCUT2D eigenvalue weighted by molar-refractivity contribution is -0.139. The lowest BCUT2D eigenvalue weighted by Crippen LogP contribution is -2.55. The van der Waals surface area contributed by atoms with E-state index in [1.54, 1.807) is 0 Å². The number of likely N-dealkylation sites (tertiary alicyclic amines) is 2. The number of benzene rings is 1. The first kappa shape index (κ1) is 19.4. The molecule has 4 rings (SSSR count). The highest BCUT2D eigenvalue weighted by molar-refractivity contribution is 5.94. The van der Waals surface area contributed by atoms with Crippen LogP contribution in [0.1, 0.15) is 53.6 Å². The lowest BCUT2D eigenvalue weighted by atomic mass is 9.73. The second-order valence-electron chi connectivity index (χ2n) is 9.29. The number of likely N-dealkylation sites (N-methyl/N-ethyl adjacent to an activating group) is 1. The first-order chi connectivity index (χ1) is 13.5. The zero-order valence-electron chi connectivity index (χ0n) is 17.4. The van der Waals surface area contributed by atoms with Crippen LogP contribution < -0.4 is 0 Å². The van der Waals surface area contributed by atoms with Gasteiger partial charge in [-0.25, -0.2) is 0 Å².